The van der Waals surface area contributed by atoms with Crippen molar-refractivity contribution in [2.75, 3.05) is 0 Å². The Balaban J connectivity index is 2.20. The van der Waals surface area contributed by atoms with Crippen LogP contribution >= 0.6 is 63.7 Å². The molecule has 2 aromatic rings. The number of rotatable bonds is 4. The van der Waals surface area contributed by atoms with Crippen molar-refractivity contribution >= 4 is 69.5 Å². The Bertz CT molecular complexity index is 610. The number of carbonyl (C=O) groups is 1. The third-order valence-corrected chi connectivity index (χ3v) is 6.54. The molecule has 0 aromatic heterocycles. The number of ketones is 1. The summed E-state index contributed by atoms with van der Waals surface area (Å²) in [5.74, 6) is 0.0519. The first-order valence-corrected chi connectivity index (χ1v) is 9.24. The minimum Gasteiger partial charge on any atom is -0.293 e. The van der Waals surface area contributed by atoms with Crippen molar-refractivity contribution in [2.45, 2.75) is 9.65 Å². The fourth-order valence-electron chi connectivity index (χ4n) is 1.75. The van der Waals surface area contributed by atoms with Gasteiger partial charge in [0.15, 0.2) is 5.78 Å². The summed E-state index contributed by atoms with van der Waals surface area (Å²) < 4.78 is 1.92. The Kier molecular flexibility index (Phi) is 6.02. The lowest BCUT2D eigenvalue weighted by molar-refractivity contribution is 0.0991. The Labute approximate surface area is 151 Å². The molecule has 104 valence electrons. The van der Waals surface area contributed by atoms with Crippen LogP contribution in [-0.2, 0) is 0 Å². The predicted molar refractivity (Wildman–Crippen MR) is 97.0 cm³/mol. The summed E-state index contributed by atoms with van der Waals surface area (Å²) in [6.07, 6.45) is 0. The molecule has 2 aromatic carbocycles. The summed E-state index contributed by atoms with van der Waals surface area (Å²) in [6.45, 7) is 0. The van der Waals surface area contributed by atoms with Crippen LogP contribution in [0.15, 0.2) is 57.5 Å². The molecule has 2 rings (SSSR count). The first-order chi connectivity index (χ1) is 9.49. The van der Waals surface area contributed by atoms with Gasteiger partial charge in [-0.2, -0.15) is 0 Å². The fourth-order valence-corrected chi connectivity index (χ4v) is 3.53. The van der Waals surface area contributed by atoms with Crippen LogP contribution in [0.2, 0.25) is 0 Å². The van der Waals surface area contributed by atoms with Crippen molar-refractivity contribution in [1.82, 2.24) is 0 Å². The first kappa shape index (κ1) is 16.4. The molecule has 0 aliphatic rings. The van der Waals surface area contributed by atoms with Crippen LogP contribution < -0.4 is 0 Å². The van der Waals surface area contributed by atoms with Gasteiger partial charge in [-0.1, -0.05) is 88.0 Å². The third-order valence-electron chi connectivity index (χ3n) is 2.80. The fraction of sp³-hybridized carbons (Fsp3) is 0.133. The highest BCUT2D eigenvalue weighted by molar-refractivity contribution is 9.12. The van der Waals surface area contributed by atoms with Crippen LogP contribution in [-0.4, -0.2) is 10.6 Å². The Morgan fingerprint density at radius 3 is 2.15 bits per heavy atom. The van der Waals surface area contributed by atoms with Crippen molar-refractivity contribution < 1.29 is 4.79 Å². The standard InChI is InChI=1S/C15H10Br4O/c16-11-6-4-9(5-7-11)13(18)14(19)15(20)10-2-1-3-12(17)8-10/h1-8,13-14H/t13-,14-/m1/s1. The second kappa shape index (κ2) is 7.34. The molecular formula is C15H10Br4O. The van der Waals surface area contributed by atoms with Crippen LogP contribution in [0.5, 0.6) is 0 Å². The van der Waals surface area contributed by atoms with Crippen LogP contribution in [0.25, 0.3) is 0 Å². The number of carbonyl (C=O) groups excluding carboxylic acids is 1. The summed E-state index contributed by atoms with van der Waals surface area (Å²) in [6, 6.07) is 15.3. The normalized spacial score (nSPS) is 13.8. The molecule has 0 aliphatic heterocycles. The summed E-state index contributed by atoms with van der Waals surface area (Å²) in [5.41, 5.74) is 1.74. The molecule has 0 fully saturated rings. The van der Waals surface area contributed by atoms with Gasteiger partial charge in [0.2, 0.25) is 0 Å². The molecule has 0 saturated heterocycles. The van der Waals surface area contributed by atoms with Crippen molar-refractivity contribution in [3.63, 3.8) is 0 Å². The predicted octanol–water partition coefficient (Wildman–Crippen LogP) is 6.29. The van der Waals surface area contributed by atoms with E-state index in [0.717, 1.165) is 14.5 Å². The van der Waals surface area contributed by atoms with Crippen molar-refractivity contribution in [3.8, 4) is 0 Å². The van der Waals surface area contributed by atoms with E-state index in [0.29, 0.717) is 5.56 Å². The smallest absolute Gasteiger partial charge is 0.177 e. The molecule has 0 unspecified atom stereocenters. The highest BCUT2D eigenvalue weighted by atomic mass is 79.9. The van der Waals surface area contributed by atoms with Crippen LogP contribution in [0.4, 0.5) is 0 Å². The molecule has 0 heterocycles. The topological polar surface area (TPSA) is 17.1 Å². The van der Waals surface area contributed by atoms with E-state index >= 15 is 0 Å². The molecule has 0 spiro atoms. The van der Waals surface area contributed by atoms with Crippen LogP contribution in [0.3, 0.4) is 0 Å². The molecule has 2 atom stereocenters. The monoisotopic (exact) mass is 522 g/mol. The van der Waals surface area contributed by atoms with E-state index in [-0.39, 0.29) is 15.4 Å². The molecule has 1 nitrogen and oxygen atoms in total. The van der Waals surface area contributed by atoms with Crippen LogP contribution in [0, 0.1) is 0 Å². The third kappa shape index (κ3) is 4.03. The maximum atomic E-state index is 12.5. The average molecular weight is 526 g/mol. The Morgan fingerprint density at radius 2 is 1.55 bits per heavy atom. The molecule has 20 heavy (non-hydrogen) atoms. The van der Waals surface area contributed by atoms with E-state index < -0.39 is 0 Å². The molecule has 0 bridgehead atoms. The van der Waals surface area contributed by atoms with E-state index in [1.807, 2.05) is 48.5 Å². The molecule has 0 radical (unpaired) electrons. The number of benzene rings is 2. The van der Waals surface area contributed by atoms with Crippen molar-refractivity contribution in [2.24, 2.45) is 0 Å². The van der Waals surface area contributed by atoms with Gasteiger partial charge in [0, 0.05) is 14.5 Å². The Hall–Kier alpha value is 0.0300. The highest BCUT2D eigenvalue weighted by Gasteiger charge is 2.26. The average Bonchev–Trinajstić information content (AvgIpc) is 2.46. The lowest BCUT2D eigenvalue weighted by Crippen LogP contribution is -2.19. The van der Waals surface area contributed by atoms with Crippen molar-refractivity contribution in [1.29, 1.82) is 0 Å². The quantitative estimate of drug-likeness (QED) is 0.338. The largest absolute Gasteiger partial charge is 0.293 e. The number of Topliss-reactive ketones (excluding diaryl/α,β-unsaturated/α-hetero) is 1. The molecule has 0 N–H and O–H groups in total. The summed E-state index contributed by atoms with van der Waals surface area (Å²) >= 11 is 13.9. The summed E-state index contributed by atoms with van der Waals surface area (Å²) in [7, 11) is 0. The highest BCUT2D eigenvalue weighted by Crippen LogP contribution is 2.34. The minimum absolute atomic E-state index is 0.0519. The number of hydrogen-bond acceptors (Lipinski definition) is 1. The van der Waals surface area contributed by atoms with Gasteiger partial charge in [-0.15, -0.1) is 0 Å². The summed E-state index contributed by atoms with van der Waals surface area (Å²) in [5, 5.41) is 0. The van der Waals surface area contributed by atoms with Gasteiger partial charge in [-0.05, 0) is 29.8 Å². The maximum absolute atomic E-state index is 12.5. The zero-order valence-corrected chi connectivity index (χ0v) is 16.5. The number of hydrogen-bond donors (Lipinski definition) is 0. The van der Waals surface area contributed by atoms with Gasteiger partial charge in [-0.25, -0.2) is 0 Å². The zero-order chi connectivity index (χ0) is 14.7. The van der Waals surface area contributed by atoms with Gasteiger partial charge >= 0.3 is 0 Å². The first-order valence-electron chi connectivity index (χ1n) is 5.82. The number of alkyl halides is 2. The van der Waals surface area contributed by atoms with E-state index in [1.54, 1.807) is 0 Å². The maximum Gasteiger partial charge on any atom is 0.177 e. The molecule has 5 heteroatoms. The molecular weight excluding hydrogens is 516 g/mol. The minimum atomic E-state index is -0.321. The molecule has 0 aliphatic carbocycles. The van der Waals surface area contributed by atoms with E-state index in [4.69, 9.17) is 0 Å². The summed E-state index contributed by atoms with van der Waals surface area (Å²) in [4.78, 5) is 12.1. The van der Waals surface area contributed by atoms with E-state index in [9.17, 15) is 4.79 Å². The zero-order valence-electron chi connectivity index (χ0n) is 10.2. The van der Waals surface area contributed by atoms with Gasteiger partial charge in [0.1, 0.15) is 0 Å². The molecule has 0 saturated carbocycles. The second-order valence-corrected chi connectivity index (χ2v) is 8.03. The lowest BCUT2D eigenvalue weighted by atomic mass is 10.0. The van der Waals surface area contributed by atoms with Crippen molar-refractivity contribution in [3.05, 3.63) is 68.6 Å². The SMILES string of the molecule is O=C(c1cccc(Br)c1)[C@H](Br)[C@H](Br)c1ccc(Br)cc1. The Morgan fingerprint density at radius 1 is 0.900 bits per heavy atom. The van der Waals surface area contributed by atoms with Gasteiger partial charge in [0.05, 0.1) is 9.65 Å². The second-order valence-electron chi connectivity index (χ2n) is 4.23. The van der Waals surface area contributed by atoms with Gasteiger partial charge in [0.25, 0.3) is 0 Å². The van der Waals surface area contributed by atoms with Crippen LogP contribution in [0.1, 0.15) is 20.7 Å². The molecule has 0 amide bonds. The van der Waals surface area contributed by atoms with E-state index in [2.05, 4.69) is 63.7 Å². The lowest BCUT2D eigenvalue weighted by Gasteiger charge is -2.16. The van der Waals surface area contributed by atoms with E-state index in [1.165, 1.54) is 0 Å². The van der Waals surface area contributed by atoms with Gasteiger partial charge in [-0.3, -0.25) is 4.79 Å². The number of halogens is 4. The van der Waals surface area contributed by atoms with Gasteiger partial charge < -0.3 is 0 Å².